The number of benzene rings is 2. The molecule has 0 spiro atoms. The topological polar surface area (TPSA) is 22.0 Å². The minimum absolute atomic E-state index is 0.0776. The number of unbranched alkanes of at least 4 members (excludes halogenated alkanes) is 1. The van der Waals surface area contributed by atoms with Gasteiger partial charge in [0.25, 0.3) is 5.56 Å². The van der Waals surface area contributed by atoms with Gasteiger partial charge in [0, 0.05) is 21.8 Å². The highest BCUT2D eigenvalue weighted by atomic mass is 35.5. The molecule has 0 N–H and O–H groups in total. The van der Waals surface area contributed by atoms with Crippen LogP contribution in [0.5, 0.6) is 0 Å². The molecule has 2 nitrogen and oxygen atoms in total. The van der Waals surface area contributed by atoms with Crippen molar-refractivity contribution in [3.63, 3.8) is 0 Å². The zero-order chi connectivity index (χ0) is 17.1. The fraction of sp³-hybridized carbons (Fsp3) is 0.250. The fourth-order valence-corrected chi connectivity index (χ4v) is 3.93. The number of halogens is 1. The Morgan fingerprint density at radius 2 is 1.79 bits per heavy atom. The lowest BCUT2D eigenvalue weighted by Gasteiger charge is -2.17. The molecule has 24 heavy (non-hydrogen) atoms. The van der Waals surface area contributed by atoms with Crippen LogP contribution in [0.3, 0.4) is 0 Å². The number of thioether (sulfide) groups is 1. The minimum Gasteiger partial charge on any atom is -0.308 e. The molecule has 124 valence electrons. The van der Waals surface area contributed by atoms with Crippen molar-refractivity contribution in [2.45, 2.75) is 31.2 Å². The molecule has 0 atom stereocenters. The Labute approximate surface area is 151 Å². The monoisotopic (exact) mass is 357 g/mol. The van der Waals surface area contributed by atoms with Crippen LogP contribution in [-0.4, -0.2) is 10.8 Å². The molecule has 0 aliphatic rings. The molecule has 0 saturated heterocycles. The van der Waals surface area contributed by atoms with Gasteiger partial charge in [-0.2, -0.15) is 0 Å². The summed E-state index contributed by atoms with van der Waals surface area (Å²) in [6.07, 6.45) is 4.07. The highest BCUT2D eigenvalue weighted by Gasteiger charge is 2.17. The van der Waals surface area contributed by atoms with Gasteiger partial charge in [-0.1, -0.05) is 55.3 Å². The molecule has 1 heterocycles. The van der Waals surface area contributed by atoms with Gasteiger partial charge in [0.05, 0.1) is 11.1 Å². The molecule has 3 rings (SSSR count). The van der Waals surface area contributed by atoms with E-state index in [-0.39, 0.29) is 5.56 Å². The van der Waals surface area contributed by atoms with Crippen molar-refractivity contribution in [2.75, 3.05) is 6.26 Å². The molecule has 4 heteroatoms. The van der Waals surface area contributed by atoms with E-state index in [1.807, 2.05) is 53.3 Å². The summed E-state index contributed by atoms with van der Waals surface area (Å²) >= 11 is 7.64. The van der Waals surface area contributed by atoms with Gasteiger partial charge in [-0.05, 0) is 36.4 Å². The number of aryl methyl sites for hydroxylation is 1. The Morgan fingerprint density at radius 3 is 2.46 bits per heavy atom. The standard InChI is InChI=1S/C20H20ClNOS/c1-3-4-13-22-17-8-6-5-7-16(17)19(24-2)18(20(22)23)14-9-11-15(21)12-10-14/h5-12H,3-4,13H2,1-2H3. The summed E-state index contributed by atoms with van der Waals surface area (Å²) in [5.41, 5.74) is 2.78. The number of nitrogens with zero attached hydrogens (tertiary/aromatic N) is 1. The summed E-state index contributed by atoms with van der Waals surface area (Å²) in [6.45, 7) is 2.88. The Kier molecular flexibility index (Phi) is 5.32. The highest BCUT2D eigenvalue weighted by Crippen LogP contribution is 2.34. The van der Waals surface area contributed by atoms with Crippen molar-refractivity contribution in [1.82, 2.24) is 4.57 Å². The van der Waals surface area contributed by atoms with Gasteiger partial charge in [0.2, 0.25) is 0 Å². The third-order valence-electron chi connectivity index (χ3n) is 4.20. The van der Waals surface area contributed by atoms with Crippen LogP contribution in [0.25, 0.3) is 22.0 Å². The van der Waals surface area contributed by atoms with Crippen LogP contribution >= 0.6 is 23.4 Å². The third-order valence-corrected chi connectivity index (χ3v) is 5.28. The Morgan fingerprint density at radius 1 is 1.08 bits per heavy atom. The average molecular weight is 358 g/mol. The Bertz CT molecular complexity index is 915. The van der Waals surface area contributed by atoms with E-state index in [9.17, 15) is 4.79 Å². The third kappa shape index (κ3) is 3.11. The largest absolute Gasteiger partial charge is 0.308 e. The second-order valence-corrected chi connectivity index (χ2v) is 7.00. The van der Waals surface area contributed by atoms with Gasteiger partial charge in [-0.25, -0.2) is 0 Å². The summed E-state index contributed by atoms with van der Waals surface area (Å²) in [5.74, 6) is 0. The van der Waals surface area contributed by atoms with Gasteiger partial charge < -0.3 is 4.57 Å². The van der Waals surface area contributed by atoms with E-state index in [2.05, 4.69) is 13.0 Å². The van der Waals surface area contributed by atoms with Crippen LogP contribution in [0.4, 0.5) is 0 Å². The van der Waals surface area contributed by atoms with Gasteiger partial charge >= 0.3 is 0 Å². The summed E-state index contributed by atoms with van der Waals surface area (Å²) in [5, 5.41) is 1.81. The predicted octanol–water partition coefficient (Wildman–Crippen LogP) is 5.84. The first-order valence-electron chi connectivity index (χ1n) is 8.12. The van der Waals surface area contributed by atoms with Crippen molar-refractivity contribution >= 4 is 34.3 Å². The minimum atomic E-state index is 0.0776. The van der Waals surface area contributed by atoms with E-state index in [0.29, 0.717) is 5.02 Å². The fourth-order valence-electron chi connectivity index (χ4n) is 3.00. The highest BCUT2D eigenvalue weighted by molar-refractivity contribution is 7.99. The van der Waals surface area contributed by atoms with Crippen LogP contribution in [-0.2, 0) is 6.54 Å². The molecular formula is C20H20ClNOS. The maximum atomic E-state index is 13.3. The second-order valence-electron chi connectivity index (χ2n) is 5.74. The van der Waals surface area contributed by atoms with E-state index < -0.39 is 0 Å². The van der Waals surface area contributed by atoms with E-state index in [1.54, 1.807) is 11.8 Å². The van der Waals surface area contributed by atoms with Gasteiger partial charge in [0.1, 0.15) is 0 Å². The quantitative estimate of drug-likeness (QED) is 0.535. The van der Waals surface area contributed by atoms with Crippen LogP contribution in [0.2, 0.25) is 5.02 Å². The molecule has 0 fully saturated rings. The summed E-state index contributed by atoms with van der Waals surface area (Å²) < 4.78 is 1.92. The zero-order valence-electron chi connectivity index (χ0n) is 13.9. The van der Waals surface area contributed by atoms with Gasteiger partial charge in [0.15, 0.2) is 0 Å². The Balaban J connectivity index is 2.37. The zero-order valence-corrected chi connectivity index (χ0v) is 15.5. The van der Waals surface area contributed by atoms with Crippen LogP contribution < -0.4 is 5.56 Å². The van der Waals surface area contributed by atoms with Crippen molar-refractivity contribution in [3.05, 3.63) is 63.9 Å². The molecule has 0 bridgehead atoms. The normalized spacial score (nSPS) is 11.1. The van der Waals surface area contributed by atoms with E-state index in [1.165, 1.54) is 0 Å². The van der Waals surface area contributed by atoms with Gasteiger partial charge in [-0.15, -0.1) is 11.8 Å². The van der Waals surface area contributed by atoms with Crippen molar-refractivity contribution in [2.24, 2.45) is 0 Å². The summed E-state index contributed by atoms with van der Waals surface area (Å²) in [4.78, 5) is 14.3. The molecule has 0 unspecified atom stereocenters. The number of fused-ring (bicyclic) bond motifs is 1. The van der Waals surface area contributed by atoms with E-state index in [4.69, 9.17) is 11.6 Å². The number of para-hydroxylation sites is 1. The molecular weight excluding hydrogens is 338 g/mol. The second kappa shape index (κ2) is 7.45. The maximum Gasteiger partial charge on any atom is 0.260 e. The van der Waals surface area contributed by atoms with Crippen LogP contribution in [0.1, 0.15) is 19.8 Å². The smallest absolute Gasteiger partial charge is 0.260 e. The average Bonchev–Trinajstić information content (AvgIpc) is 2.61. The molecule has 0 saturated carbocycles. The molecule has 0 aliphatic heterocycles. The molecule has 0 radical (unpaired) electrons. The number of pyridine rings is 1. The lowest BCUT2D eigenvalue weighted by molar-refractivity contribution is 0.631. The van der Waals surface area contributed by atoms with Crippen molar-refractivity contribution in [1.29, 1.82) is 0 Å². The summed E-state index contributed by atoms with van der Waals surface area (Å²) in [7, 11) is 0. The molecule has 1 aromatic heterocycles. The van der Waals surface area contributed by atoms with Crippen molar-refractivity contribution in [3.8, 4) is 11.1 Å². The molecule has 0 amide bonds. The number of aromatic nitrogens is 1. The van der Waals surface area contributed by atoms with E-state index >= 15 is 0 Å². The van der Waals surface area contributed by atoms with Crippen LogP contribution in [0, 0.1) is 0 Å². The number of hydrogen-bond acceptors (Lipinski definition) is 2. The van der Waals surface area contributed by atoms with Crippen LogP contribution in [0.15, 0.2) is 58.2 Å². The SMILES string of the molecule is CCCCn1c(=O)c(-c2ccc(Cl)cc2)c(SC)c2ccccc21. The van der Waals surface area contributed by atoms with Gasteiger partial charge in [-0.3, -0.25) is 4.79 Å². The number of rotatable bonds is 5. The lowest BCUT2D eigenvalue weighted by Crippen LogP contribution is -2.23. The van der Waals surface area contributed by atoms with Crippen molar-refractivity contribution < 1.29 is 0 Å². The maximum absolute atomic E-state index is 13.3. The predicted molar refractivity (Wildman–Crippen MR) is 105 cm³/mol. The molecule has 3 aromatic rings. The summed E-state index contributed by atoms with van der Waals surface area (Å²) in [6, 6.07) is 15.7. The first kappa shape index (κ1) is 17.1. The number of hydrogen-bond donors (Lipinski definition) is 0. The molecule has 2 aromatic carbocycles. The first-order valence-corrected chi connectivity index (χ1v) is 9.73. The first-order chi connectivity index (χ1) is 11.7. The Hall–Kier alpha value is -1.71. The lowest BCUT2D eigenvalue weighted by atomic mass is 10.0. The molecule has 0 aliphatic carbocycles. The van der Waals surface area contributed by atoms with E-state index in [0.717, 1.165) is 46.3 Å².